The molecule has 3 aromatic rings. The lowest BCUT2D eigenvalue weighted by molar-refractivity contribution is -0.135. The zero-order chi connectivity index (χ0) is 15.7. The van der Waals surface area contributed by atoms with Crippen LogP contribution >= 0.6 is 0 Å². The molecular formula is C18H15NO3. The van der Waals surface area contributed by atoms with Crippen molar-refractivity contribution in [1.82, 2.24) is 4.98 Å². The minimum atomic E-state index is -0.861. The molecule has 0 atom stereocenters. The van der Waals surface area contributed by atoms with E-state index < -0.39 is 11.8 Å². The van der Waals surface area contributed by atoms with Crippen molar-refractivity contribution in [2.45, 2.75) is 6.92 Å². The summed E-state index contributed by atoms with van der Waals surface area (Å²) in [6.45, 7) is 1.95. The highest BCUT2D eigenvalue weighted by Crippen LogP contribution is 2.31. The Hall–Kier alpha value is -2.88. The van der Waals surface area contributed by atoms with Gasteiger partial charge in [-0.25, -0.2) is 4.79 Å². The summed E-state index contributed by atoms with van der Waals surface area (Å²) in [4.78, 5) is 27.4. The summed E-state index contributed by atoms with van der Waals surface area (Å²) >= 11 is 0. The number of aromatic amines is 1. The fourth-order valence-corrected chi connectivity index (χ4v) is 2.56. The number of rotatable bonds is 3. The first-order valence-electron chi connectivity index (χ1n) is 6.92. The zero-order valence-electron chi connectivity index (χ0n) is 12.3. The van der Waals surface area contributed by atoms with E-state index in [1.807, 2.05) is 55.5 Å². The van der Waals surface area contributed by atoms with Gasteiger partial charge in [-0.05, 0) is 24.6 Å². The minimum absolute atomic E-state index is 0.358. The van der Waals surface area contributed by atoms with Gasteiger partial charge in [-0.2, -0.15) is 0 Å². The van der Waals surface area contributed by atoms with Gasteiger partial charge in [-0.15, -0.1) is 0 Å². The highest BCUT2D eigenvalue weighted by molar-refractivity contribution is 6.44. The van der Waals surface area contributed by atoms with Gasteiger partial charge in [0.05, 0.1) is 18.4 Å². The molecule has 0 radical (unpaired) electrons. The molecule has 0 aliphatic rings. The van der Waals surface area contributed by atoms with Gasteiger partial charge < -0.3 is 9.72 Å². The average Bonchev–Trinajstić information content (AvgIpc) is 2.92. The van der Waals surface area contributed by atoms with E-state index in [0.29, 0.717) is 11.3 Å². The third kappa shape index (κ3) is 2.29. The second kappa shape index (κ2) is 5.48. The number of methoxy groups -OCH3 is 1. The third-order valence-corrected chi connectivity index (χ3v) is 3.61. The van der Waals surface area contributed by atoms with Crippen LogP contribution in [0.3, 0.4) is 0 Å². The molecular weight excluding hydrogens is 278 g/mol. The number of nitrogens with one attached hydrogen (secondary N) is 1. The fourth-order valence-electron chi connectivity index (χ4n) is 2.56. The summed E-state index contributed by atoms with van der Waals surface area (Å²) in [6.07, 6.45) is 0. The first-order valence-corrected chi connectivity index (χ1v) is 6.92. The third-order valence-electron chi connectivity index (χ3n) is 3.61. The number of carbonyl (C=O) groups excluding carboxylic acids is 2. The molecule has 0 aliphatic carbocycles. The van der Waals surface area contributed by atoms with E-state index in [2.05, 4.69) is 9.72 Å². The number of H-pyrrole nitrogens is 1. The largest absolute Gasteiger partial charge is 0.463 e. The number of ether oxygens (including phenoxy) is 1. The molecule has 0 saturated heterocycles. The Bertz CT molecular complexity index is 863. The standard InChI is InChI=1S/C18H15NO3/c1-11-8-9-14-13(10-11)15(17(20)18(21)22-2)16(19-14)12-6-4-3-5-7-12/h3-10,19H,1-2H3. The van der Waals surface area contributed by atoms with Crippen LogP contribution in [-0.2, 0) is 9.53 Å². The molecule has 1 N–H and O–H groups in total. The first kappa shape index (κ1) is 14.1. The molecule has 3 rings (SSSR count). The van der Waals surface area contributed by atoms with E-state index in [9.17, 15) is 9.59 Å². The minimum Gasteiger partial charge on any atom is -0.463 e. The van der Waals surface area contributed by atoms with Crippen LogP contribution in [0.5, 0.6) is 0 Å². The van der Waals surface area contributed by atoms with Crippen LogP contribution in [0.1, 0.15) is 15.9 Å². The molecule has 0 saturated carbocycles. The van der Waals surface area contributed by atoms with Crippen LogP contribution in [0, 0.1) is 6.92 Å². The number of ketones is 1. The maximum Gasteiger partial charge on any atom is 0.379 e. The van der Waals surface area contributed by atoms with Gasteiger partial charge in [0.2, 0.25) is 0 Å². The van der Waals surface area contributed by atoms with Crippen molar-refractivity contribution in [3.8, 4) is 11.3 Å². The molecule has 4 heteroatoms. The Morgan fingerprint density at radius 1 is 1.05 bits per heavy atom. The summed E-state index contributed by atoms with van der Waals surface area (Å²) in [5, 5.41) is 0.731. The summed E-state index contributed by atoms with van der Waals surface area (Å²) in [7, 11) is 1.21. The Labute approximate surface area is 127 Å². The SMILES string of the molecule is COC(=O)C(=O)c1c(-c2ccccc2)[nH]c2ccc(C)cc12. The Morgan fingerprint density at radius 2 is 1.77 bits per heavy atom. The number of hydrogen-bond acceptors (Lipinski definition) is 3. The first-order chi connectivity index (χ1) is 10.6. The van der Waals surface area contributed by atoms with Crippen molar-refractivity contribution in [1.29, 1.82) is 0 Å². The molecule has 2 aromatic carbocycles. The van der Waals surface area contributed by atoms with Crippen LogP contribution in [-0.4, -0.2) is 23.8 Å². The van der Waals surface area contributed by atoms with Gasteiger partial charge in [-0.3, -0.25) is 4.79 Å². The number of carbonyl (C=O) groups is 2. The molecule has 0 unspecified atom stereocenters. The van der Waals surface area contributed by atoms with Crippen LogP contribution < -0.4 is 0 Å². The van der Waals surface area contributed by atoms with Gasteiger partial charge >= 0.3 is 5.97 Å². The highest BCUT2D eigenvalue weighted by Gasteiger charge is 2.25. The quantitative estimate of drug-likeness (QED) is 0.457. The predicted octanol–water partition coefficient (Wildman–Crippen LogP) is 3.50. The summed E-state index contributed by atoms with van der Waals surface area (Å²) in [5.74, 6) is -1.50. The van der Waals surface area contributed by atoms with E-state index in [0.717, 1.165) is 22.0 Å². The van der Waals surface area contributed by atoms with E-state index in [4.69, 9.17) is 0 Å². The predicted molar refractivity (Wildman–Crippen MR) is 84.8 cm³/mol. The van der Waals surface area contributed by atoms with Gasteiger partial charge in [0, 0.05) is 10.9 Å². The molecule has 110 valence electrons. The molecule has 0 spiro atoms. The normalized spacial score (nSPS) is 10.6. The van der Waals surface area contributed by atoms with Crippen molar-refractivity contribution in [3.63, 3.8) is 0 Å². The summed E-state index contributed by atoms with van der Waals surface area (Å²) in [6, 6.07) is 15.2. The van der Waals surface area contributed by atoms with Crippen molar-refractivity contribution < 1.29 is 14.3 Å². The topological polar surface area (TPSA) is 59.2 Å². The Kier molecular flexibility index (Phi) is 3.51. The number of esters is 1. The molecule has 1 heterocycles. The average molecular weight is 293 g/mol. The number of hydrogen-bond donors (Lipinski definition) is 1. The van der Waals surface area contributed by atoms with Gasteiger partial charge in [-0.1, -0.05) is 42.0 Å². The molecule has 0 bridgehead atoms. The smallest absolute Gasteiger partial charge is 0.379 e. The second-order valence-corrected chi connectivity index (χ2v) is 5.11. The molecule has 0 fully saturated rings. The summed E-state index contributed by atoms with van der Waals surface area (Å²) < 4.78 is 4.60. The number of benzene rings is 2. The van der Waals surface area contributed by atoms with Crippen molar-refractivity contribution in [2.75, 3.05) is 7.11 Å². The van der Waals surface area contributed by atoms with E-state index in [1.165, 1.54) is 7.11 Å². The lowest BCUT2D eigenvalue weighted by atomic mass is 10.0. The lowest BCUT2D eigenvalue weighted by Crippen LogP contribution is -2.16. The van der Waals surface area contributed by atoms with Gasteiger partial charge in [0.25, 0.3) is 5.78 Å². The zero-order valence-corrected chi connectivity index (χ0v) is 12.3. The van der Waals surface area contributed by atoms with Gasteiger partial charge in [0.1, 0.15) is 0 Å². The summed E-state index contributed by atoms with van der Waals surface area (Å²) in [5.41, 5.74) is 3.68. The Morgan fingerprint density at radius 3 is 2.45 bits per heavy atom. The van der Waals surface area contributed by atoms with Crippen molar-refractivity contribution >= 4 is 22.7 Å². The molecule has 1 aromatic heterocycles. The van der Waals surface area contributed by atoms with Gasteiger partial charge in [0.15, 0.2) is 0 Å². The maximum absolute atomic E-state index is 12.5. The Balaban J connectivity index is 2.32. The maximum atomic E-state index is 12.5. The number of fused-ring (bicyclic) bond motifs is 1. The van der Waals surface area contributed by atoms with Crippen LogP contribution in [0.2, 0.25) is 0 Å². The highest BCUT2D eigenvalue weighted by atomic mass is 16.5. The monoisotopic (exact) mass is 293 g/mol. The van der Waals surface area contributed by atoms with Crippen LogP contribution in [0.25, 0.3) is 22.2 Å². The molecule has 0 amide bonds. The van der Waals surface area contributed by atoms with E-state index >= 15 is 0 Å². The second-order valence-electron chi connectivity index (χ2n) is 5.11. The fraction of sp³-hybridized carbons (Fsp3) is 0.111. The molecule has 0 aliphatic heterocycles. The number of aryl methyl sites for hydroxylation is 1. The molecule has 4 nitrogen and oxygen atoms in total. The van der Waals surface area contributed by atoms with E-state index in [1.54, 1.807) is 0 Å². The number of aromatic nitrogens is 1. The van der Waals surface area contributed by atoms with Crippen molar-refractivity contribution in [3.05, 3.63) is 59.7 Å². The lowest BCUT2D eigenvalue weighted by Gasteiger charge is -2.03. The van der Waals surface area contributed by atoms with Crippen LogP contribution in [0.15, 0.2) is 48.5 Å². The van der Waals surface area contributed by atoms with E-state index in [-0.39, 0.29) is 0 Å². The van der Waals surface area contributed by atoms with Crippen molar-refractivity contribution in [2.24, 2.45) is 0 Å². The van der Waals surface area contributed by atoms with Crippen LogP contribution in [0.4, 0.5) is 0 Å². The number of Topliss-reactive ketones (excluding diaryl/α,β-unsaturated/α-hetero) is 1. The molecule has 22 heavy (non-hydrogen) atoms.